The zero-order valence-corrected chi connectivity index (χ0v) is 19.6. The smallest absolute Gasteiger partial charge is 0.324 e. The lowest BCUT2D eigenvalue weighted by Crippen LogP contribution is -3.00. The largest absolute Gasteiger partial charge is 1.00 e. The zero-order valence-electron chi connectivity index (χ0n) is 15.9. The van der Waals surface area contributed by atoms with Crippen LogP contribution in [0.5, 0.6) is 0 Å². The van der Waals surface area contributed by atoms with E-state index in [1.54, 1.807) is 24.3 Å². The summed E-state index contributed by atoms with van der Waals surface area (Å²) in [5.74, 6) is -0.498. The van der Waals surface area contributed by atoms with Crippen molar-refractivity contribution in [2.75, 3.05) is 30.8 Å². The molecule has 2 aromatic rings. The molecule has 1 aliphatic rings. The predicted octanol–water partition coefficient (Wildman–Crippen LogP) is 1.06. The lowest BCUT2D eigenvalue weighted by molar-refractivity contribution is -0.920. The van der Waals surface area contributed by atoms with Crippen molar-refractivity contribution in [3.05, 3.63) is 45.3 Å². The number of halogens is 2. The van der Waals surface area contributed by atoms with Gasteiger partial charge in [0, 0.05) is 17.1 Å². The van der Waals surface area contributed by atoms with E-state index in [9.17, 15) is 9.59 Å². The van der Waals surface area contributed by atoms with Crippen LogP contribution in [0.15, 0.2) is 24.3 Å². The average Bonchev–Trinajstić information content (AvgIpc) is 2.84. The molecule has 0 saturated carbocycles. The van der Waals surface area contributed by atoms with Crippen LogP contribution in [0.25, 0.3) is 0 Å². The van der Waals surface area contributed by atoms with Gasteiger partial charge in [0.25, 0.3) is 5.91 Å². The molecular formula is C19H24ClIN4O2S. The molecule has 1 aromatic heterocycles. The Bertz CT molecular complexity index is 872. The van der Waals surface area contributed by atoms with Crippen LogP contribution < -0.4 is 40.3 Å². The highest BCUT2D eigenvalue weighted by atomic mass is 127. The van der Waals surface area contributed by atoms with E-state index in [4.69, 9.17) is 17.3 Å². The molecule has 0 aliphatic carbocycles. The van der Waals surface area contributed by atoms with Gasteiger partial charge in [-0.3, -0.25) is 10.1 Å². The summed E-state index contributed by atoms with van der Waals surface area (Å²) in [4.78, 5) is 25.6. The minimum Gasteiger partial charge on any atom is -1.00 e. The van der Waals surface area contributed by atoms with Crippen LogP contribution in [0.1, 0.15) is 34.1 Å². The minimum atomic E-state index is -0.498. The number of anilines is 2. The first-order valence-corrected chi connectivity index (χ1v) is 10.1. The van der Waals surface area contributed by atoms with E-state index in [-0.39, 0.29) is 24.0 Å². The van der Waals surface area contributed by atoms with Crippen molar-refractivity contribution in [1.29, 1.82) is 0 Å². The number of carbonyl (C=O) groups is 2. The summed E-state index contributed by atoms with van der Waals surface area (Å²) in [6, 6.07) is 6.41. The molecular weight excluding hydrogens is 511 g/mol. The number of hydrogen-bond donors (Lipinski definition) is 3. The van der Waals surface area contributed by atoms with Gasteiger partial charge in [-0.05, 0) is 43.2 Å². The fourth-order valence-corrected chi connectivity index (χ4v) is 4.93. The van der Waals surface area contributed by atoms with Crippen LogP contribution in [-0.2, 0) is 13.0 Å². The van der Waals surface area contributed by atoms with Crippen LogP contribution in [0.3, 0.4) is 0 Å². The first-order valence-electron chi connectivity index (χ1n) is 8.93. The second kappa shape index (κ2) is 9.43. The number of hydrogen-bond acceptors (Lipinski definition) is 3. The maximum absolute atomic E-state index is 12.4. The molecule has 6 nitrogen and oxygen atoms in total. The van der Waals surface area contributed by atoms with E-state index in [1.165, 1.54) is 11.3 Å². The Morgan fingerprint density at radius 1 is 1.25 bits per heavy atom. The van der Waals surface area contributed by atoms with Crippen molar-refractivity contribution in [3.8, 4) is 0 Å². The Morgan fingerprint density at radius 2 is 1.93 bits per heavy atom. The Balaban J connectivity index is 0.00000280. The molecule has 2 heterocycles. The minimum absolute atomic E-state index is 0. The van der Waals surface area contributed by atoms with Crippen molar-refractivity contribution < 1.29 is 38.0 Å². The predicted molar refractivity (Wildman–Crippen MR) is 111 cm³/mol. The van der Waals surface area contributed by atoms with Crippen molar-refractivity contribution in [2.45, 2.75) is 26.3 Å². The number of quaternary nitrogens is 1. The van der Waals surface area contributed by atoms with Crippen LogP contribution >= 0.6 is 22.9 Å². The number of primary amides is 1. The van der Waals surface area contributed by atoms with E-state index in [2.05, 4.69) is 24.6 Å². The maximum atomic E-state index is 12.4. The molecule has 4 N–H and O–H groups in total. The number of rotatable bonds is 4. The van der Waals surface area contributed by atoms with Gasteiger partial charge in [0.15, 0.2) is 0 Å². The molecule has 152 valence electrons. The van der Waals surface area contributed by atoms with Gasteiger partial charge in [-0.1, -0.05) is 11.6 Å². The molecule has 3 rings (SSSR count). The molecule has 28 heavy (non-hydrogen) atoms. The number of benzene rings is 1. The van der Waals surface area contributed by atoms with Crippen LogP contribution in [0.2, 0.25) is 5.02 Å². The highest BCUT2D eigenvalue weighted by molar-refractivity contribution is 7.17. The quantitative estimate of drug-likeness (QED) is 0.405. The summed E-state index contributed by atoms with van der Waals surface area (Å²) >= 11 is 7.31. The molecule has 0 radical (unpaired) electrons. The number of amides is 3. The molecule has 1 aromatic carbocycles. The third kappa shape index (κ3) is 5.16. The summed E-state index contributed by atoms with van der Waals surface area (Å²) in [6.45, 7) is 5.10. The monoisotopic (exact) mass is 534 g/mol. The fraction of sp³-hybridized carbons (Fsp3) is 0.368. The normalized spacial score (nSPS) is 18.4. The number of nitrogens with one attached hydrogen (secondary N) is 2. The molecule has 9 heteroatoms. The SMILES string of the molecule is CC[N+]1(C)CCCc2c(sc(NC(=O)Nc3ccc(Cl)cc3)c2C(N)=O)C1.[I-]. The summed E-state index contributed by atoms with van der Waals surface area (Å²) in [5.41, 5.74) is 7.71. The first kappa shape index (κ1) is 22.9. The average molecular weight is 535 g/mol. The lowest BCUT2D eigenvalue weighted by atomic mass is 10.1. The van der Waals surface area contributed by atoms with E-state index < -0.39 is 11.9 Å². The molecule has 0 saturated heterocycles. The zero-order chi connectivity index (χ0) is 19.6. The first-order chi connectivity index (χ1) is 12.8. The van der Waals surface area contributed by atoms with Crippen LogP contribution in [0, 0.1) is 0 Å². The van der Waals surface area contributed by atoms with Crippen molar-refractivity contribution >= 4 is 45.6 Å². The van der Waals surface area contributed by atoms with E-state index in [0.717, 1.165) is 47.4 Å². The molecule has 0 bridgehead atoms. The third-order valence-corrected chi connectivity index (χ3v) is 6.46. The molecule has 1 aliphatic heterocycles. The number of carbonyl (C=O) groups excluding carboxylic acids is 2. The van der Waals surface area contributed by atoms with Crippen LogP contribution in [-0.4, -0.2) is 36.6 Å². The summed E-state index contributed by atoms with van der Waals surface area (Å²) < 4.78 is 0.919. The second-order valence-electron chi connectivity index (χ2n) is 7.08. The summed E-state index contributed by atoms with van der Waals surface area (Å²) in [7, 11) is 2.22. The lowest BCUT2D eigenvalue weighted by Gasteiger charge is -2.31. The Hall–Kier alpha value is -1.36. The molecule has 1 unspecified atom stereocenters. The molecule has 1 atom stereocenters. The fourth-order valence-electron chi connectivity index (χ4n) is 3.38. The van der Waals surface area contributed by atoms with E-state index in [0.29, 0.717) is 21.3 Å². The molecule has 0 spiro atoms. The number of nitrogens with two attached hydrogens (primary N) is 1. The number of fused-ring (bicyclic) bond motifs is 1. The van der Waals surface area contributed by atoms with Crippen molar-refractivity contribution in [1.82, 2.24) is 0 Å². The Kier molecular flexibility index (Phi) is 7.72. The number of nitrogens with zero attached hydrogens (tertiary/aromatic N) is 1. The van der Waals surface area contributed by atoms with Gasteiger partial charge in [0.2, 0.25) is 0 Å². The second-order valence-corrected chi connectivity index (χ2v) is 8.62. The van der Waals surface area contributed by atoms with Crippen molar-refractivity contribution in [3.63, 3.8) is 0 Å². The molecule has 3 amide bonds. The van der Waals surface area contributed by atoms with Gasteiger partial charge in [0.1, 0.15) is 11.5 Å². The van der Waals surface area contributed by atoms with Gasteiger partial charge >= 0.3 is 6.03 Å². The maximum Gasteiger partial charge on any atom is 0.324 e. The van der Waals surface area contributed by atoms with Gasteiger partial charge < -0.3 is 39.5 Å². The standard InChI is InChI=1S/C19H23ClN4O2S.HI/c1-3-24(2)10-4-5-14-15(11-24)27-18(16(14)17(21)25)23-19(26)22-13-8-6-12(20)7-9-13;/h6-9H,3-5,10-11H2,1-2H3,(H3-,21,22,23,25,26);1H. The van der Waals surface area contributed by atoms with E-state index >= 15 is 0 Å². The summed E-state index contributed by atoms with van der Waals surface area (Å²) in [5, 5.41) is 6.66. The van der Waals surface area contributed by atoms with Gasteiger partial charge in [-0.2, -0.15) is 0 Å². The number of urea groups is 1. The van der Waals surface area contributed by atoms with Gasteiger partial charge in [0.05, 0.1) is 30.6 Å². The highest BCUT2D eigenvalue weighted by Gasteiger charge is 2.31. The third-order valence-electron chi connectivity index (χ3n) is 5.08. The molecule has 0 fully saturated rings. The summed E-state index contributed by atoms with van der Waals surface area (Å²) in [6.07, 6.45) is 1.79. The topological polar surface area (TPSA) is 84.2 Å². The van der Waals surface area contributed by atoms with Crippen LogP contribution in [0.4, 0.5) is 15.5 Å². The van der Waals surface area contributed by atoms with Gasteiger partial charge in [-0.15, -0.1) is 11.3 Å². The Morgan fingerprint density at radius 3 is 2.54 bits per heavy atom. The highest BCUT2D eigenvalue weighted by Crippen LogP contribution is 2.38. The Labute approximate surface area is 191 Å². The van der Waals surface area contributed by atoms with Gasteiger partial charge in [-0.25, -0.2) is 4.79 Å². The van der Waals surface area contributed by atoms with Crippen molar-refractivity contribution in [2.24, 2.45) is 5.73 Å². The van der Waals surface area contributed by atoms with E-state index in [1.807, 2.05) is 0 Å². The number of thiophene rings is 1.